The van der Waals surface area contributed by atoms with Crippen LogP contribution in [0.3, 0.4) is 0 Å². The van der Waals surface area contributed by atoms with E-state index in [1.807, 2.05) is 36.6 Å². The van der Waals surface area contributed by atoms with Gasteiger partial charge in [-0.05, 0) is 44.4 Å². The zero-order valence-electron chi connectivity index (χ0n) is 16.2. The van der Waals surface area contributed by atoms with E-state index in [0.717, 1.165) is 29.3 Å². The molecule has 0 bridgehead atoms. The minimum absolute atomic E-state index is 0.137. The highest BCUT2D eigenvalue weighted by Gasteiger charge is 2.21. The van der Waals surface area contributed by atoms with Crippen molar-refractivity contribution in [2.75, 3.05) is 5.75 Å². The van der Waals surface area contributed by atoms with Gasteiger partial charge in [0.2, 0.25) is 0 Å². The van der Waals surface area contributed by atoms with E-state index in [1.165, 1.54) is 5.56 Å². The van der Waals surface area contributed by atoms with Crippen molar-refractivity contribution >= 4 is 21.6 Å². The fraction of sp³-hybridized carbons (Fsp3) is 0.333. The van der Waals surface area contributed by atoms with E-state index in [-0.39, 0.29) is 5.75 Å². The third-order valence-electron chi connectivity index (χ3n) is 4.49. The standard InChI is InChI=1S/C21H25N3O2S2/c1-3-24-20(16-28(25,26)19-13-11-17(2)12-14-19)22-23-21(24)27-15-7-10-18-8-5-4-6-9-18/h4-6,8-9,11-14H,3,7,10,15-16H2,1-2H3. The quantitative estimate of drug-likeness (QED) is 0.385. The molecule has 3 rings (SSSR count). The first-order chi connectivity index (χ1) is 13.5. The average molecular weight is 416 g/mol. The largest absolute Gasteiger partial charge is 0.305 e. The fourth-order valence-electron chi connectivity index (χ4n) is 2.93. The summed E-state index contributed by atoms with van der Waals surface area (Å²) in [5.74, 6) is 1.27. The van der Waals surface area contributed by atoms with E-state index in [2.05, 4.69) is 34.5 Å². The Labute approximate surface area is 171 Å². The minimum Gasteiger partial charge on any atom is -0.305 e. The molecule has 2 aromatic carbocycles. The molecule has 28 heavy (non-hydrogen) atoms. The lowest BCUT2D eigenvalue weighted by atomic mass is 10.1. The summed E-state index contributed by atoms with van der Waals surface area (Å²) >= 11 is 1.63. The second kappa shape index (κ2) is 9.39. The summed E-state index contributed by atoms with van der Waals surface area (Å²) in [6.07, 6.45) is 2.05. The van der Waals surface area contributed by atoms with Crippen LogP contribution in [0, 0.1) is 6.92 Å². The molecule has 148 valence electrons. The first kappa shape index (κ1) is 20.6. The van der Waals surface area contributed by atoms with Gasteiger partial charge in [0.05, 0.1) is 4.90 Å². The van der Waals surface area contributed by atoms with Gasteiger partial charge in [-0.1, -0.05) is 59.8 Å². The molecule has 5 nitrogen and oxygen atoms in total. The predicted molar refractivity (Wildman–Crippen MR) is 113 cm³/mol. The summed E-state index contributed by atoms with van der Waals surface area (Å²) in [4.78, 5) is 0.320. The molecule has 0 aliphatic heterocycles. The minimum atomic E-state index is -3.44. The molecule has 0 N–H and O–H groups in total. The normalized spacial score (nSPS) is 11.6. The van der Waals surface area contributed by atoms with Gasteiger partial charge < -0.3 is 4.57 Å². The van der Waals surface area contributed by atoms with Crippen LogP contribution in [0.25, 0.3) is 0 Å². The van der Waals surface area contributed by atoms with Gasteiger partial charge in [0.25, 0.3) is 0 Å². The molecule has 1 heterocycles. The molecule has 0 aliphatic rings. The van der Waals surface area contributed by atoms with Gasteiger partial charge >= 0.3 is 0 Å². The molecule has 0 unspecified atom stereocenters. The molecular formula is C21H25N3O2S2. The van der Waals surface area contributed by atoms with Crippen molar-refractivity contribution < 1.29 is 8.42 Å². The summed E-state index contributed by atoms with van der Waals surface area (Å²) < 4.78 is 27.3. The van der Waals surface area contributed by atoms with Crippen molar-refractivity contribution in [1.82, 2.24) is 14.8 Å². The van der Waals surface area contributed by atoms with Crippen molar-refractivity contribution in [1.29, 1.82) is 0 Å². The van der Waals surface area contributed by atoms with Gasteiger partial charge in [0.1, 0.15) is 11.6 Å². The molecule has 0 aliphatic carbocycles. The number of hydrogen-bond acceptors (Lipinski definition) is 5. The van der Waals surface area contributed by atoms with Crippen LogP contribution >= 0.6 is 11.8 Å². The molecule has 0 saturated carbocycles. The Morgan fingerprint density at radius 3 is 2.39 bits per heavy atom. The molecule has 0 amide bonds. The highest BCUT2D eigenvalue weighted by molar-refractivity contribution is 7.99. The van der Waals surface area contributed by atoms with Crippen molar-refractivity contribution in [3.63, 3.8) is 0 Å². The maximum Gasteiger partial charge on any atom is 0.191 e. The second-order valence-corrected chi connectivity index (χ2v) is 9.70. The maximum absolute atomic E-state index is 12.7. The molecule has 0 atom stereocenters. The summed E-state index contributed by atoms with van der Waals surface area (Å²) in [6, 6.07) is 17.3. The average Bonchev–Trinajstić information content (AvgIpc) is 3.07. The predicted octanol–water partition coefficient (Wildman–Crippen LogP) is 4.31. The van der Waals surface area contributed by atoms with Gasteiger partial charge in [-0.15, -0.1) is 10.2 Å². The van der Waals surface area contributed by atoms with Gasteiger partial charge in [-0.3, -0.25) is 0 Å². The number of aromatic nitrogens is 3. The first-order valence-corrected chi connectivity index (χ1v) is 12.0. The van der Waals surface area contributed by atoms with Crippen molar-refractivity contribution in [3.05, 3.63) is 71.5 Å². The van der Waals surface area contributed by atoms with E-state index in [4.69, 9.17) is 0 Å². The highest BCUT2D eigenvalue weighted by Crippen LogP contribution is 2.22. The zero-order chi connectivity index (χ0) is 20.0. The van der Waals surface area contributed by atoms with Crippen LogP contribution in [-0.4, -0.2) is 28.9 Å². The number of rotatable bonds is 9. The second-order valence-electron chi connectivity index (χ2n) is 6.65. The summed E-state index contributed by atoms with van der Waals surface area (Å²) in [7, 11) is -3.44. The SMILES string of the molecule is CCn1c(CS(=O)(=O)c2ccc(C)cc2)nnc1SCCCc1ccccc1. The monoisotopic (exact) mass is 415 g/mol. The molecular weight excluding hydrogens is 390 g/mol. The van der Waals surface area contributed by atoms with Crippen LogP contribution < -0.4 is 0 Å². The fourth-order valence-corrected chi connectivity index (χ4v) is 5.16. The topological polar surface area (TPSA) is 64.8 Å². The van der Waals surface area contributed by atoms with Crippen LogP contribution in [0.5, 0.6) is 0 Å². The molecule has 1 aromatic heterocycles. The van der Waals surface area contributed by atoms with Crippen LogP contribution in [-0.2, 0) is 28.6 Å². The van der Waals surface area contributed by atoms with Crippen LogP contribution in [0.15, 0.2) is 64.6 Å². The van der Waals surface area contributed by atoms with Crippen molar-refractivity contribution in [2.45, 2.75) is 49.0 Å². The summed E-state index contributed by atoms with van der Waals surface area (Å²) in [5.41, 5.74) is 2.36. The molecule has 0 saturated heterocycles. The highest BCUT2D eigenvalue weighted by atomic mass is 32.2. The Hall–Kier alpha value is -2.12. The van der Waals surface area contributed by atoms with E-state index in [9.17, 15) is 8.42 Å². The van der Waals surface area contributed by atoms with Gasteiger partial charge in [0, 0.05) is 12.3 Å². The van der Waals surface area contributed by atoms with E-state index in [1.54, 1.807) is 23.9 Å². The Bertz CT molecular complexity index is 998. The lowest BCUT2D eigenvalue weighted by Crippen LogP contribution is -2.11. The first-order valence-electron chi connectivity index (χ1n) is 9.38. The Kier molecular flexibility index (Phi) is 6.91. The maximum atomic E-state index is 12.7. The molecule has 0 spiro atoms. The smallest absolute Gasteiger partial charge is 0.191 e. The molecule has 0 radical (unpaired) electrons. The van der Waals surface area contributed by atoms with Gasteiger partial charge in [-0.2, -0.15) is 0 Å². The van der Waals surface area contributed by atoms with E-state index >= 15 is 0 Å². The number of aryl methyl sites for hydroxylation is 2. The van der Waals surface area contributed by atoms with E-state index < -0.39 is 9.84 Å². The molecule has 3 aromatic rings. The number of sulfone groups is 1. The van der Waals surface area contributed by atoms with Crippen molar-refractivity contribution in [3.8, 4) is 0 Å². The van der Waals surface area contributed by atoms with Crippen LogP contribution in [0.1, 0.15) is 30.3 Å². The molecule has 0 fully saturated rings. The summed E-state index contributed by atoms with van der Waals surface area (Å²) in [5, 5.41) is 9.18. The van der Waals surface area contributed by atoms with Crippen LogP contribution in [0.2, 0.25) is 0 Å². The Morgan fingerprint density at radius 1 is 1.00 bits per heavy atom. The van der Waals surface area contributed by atoms with Gasteiger partial charge in [-0.25, -0.2) is 8.42 Å². The Morgan fingerprint density at radius 2 is 1.71 bits per heavy atom. The number of nitrogens with zero attached hydrogens (tertiary/aromatic N) is 3. The lowest BCUT2D eigenvalue weighted by Gasteiger charge is -2.08. The summed E-state index contributed by atoms with van der Waals surface area (Å²) in [6.45, 7) is 4.57. The van der Waals surface area contributed by atoms with Crippen LogP contribution in [0.4, 0.5) is 0 Å². The third-order valence-corrected chi connectivity index (χ3v) is 7.17. The van der Waals surface area contributed by atoms with Gasteiger partial charge in [0.15, 0.2) is 15.0 Å². The number of thioether (sulfide) groups is 1. The zero-order valence-corrected chi connectivity index (χ0v) is 17.8. The number of benzene rings is 2. The van der Waals surface area contributed by atoms with Crippen molar-refractivity contribution in [2.24, 2.45) is 0 Å². The molecule has 7 heteroatoms. The lowest BCUT2D eigenvalue weighted by molar-refractivity contribution is 0.588. The van der Waals surface area contributed by atoms with E-state index in [0.29, 0.717) is 17.3 Å². The number of hydrogen-bond donors (Lipinski definition) is 0. The Balaban J connectivity index is 1.63. The third kappa shape index (κ3) is 5.23.